The lowest BCUT2D eigenvalue weighted by atomic mass is 10.2. The molecule has 88 valence electrons. The van der Waals surface area contributed by atoms with Crippen molar-refractivity contribution in [1.82, 2.24) is 15.0 Å². The van der Waals surface area contributed by atoms with E-state index in [1.165, 1.54) is 22.9 Å². The van der Waals surface area contributed by atoms with E-state index in [1.807, 2.05) is 0 Å². The molecule has 0 unspecified atom stereocenters. The lowest BCUT2D eigenvalue weighted by Crippen LogP contribution is -2.09. The summed E-state index contributed by atoms with van der Waals surface area (Å²) < 4.78 is 14.4. The van der Waals surface area contributed by atoms with Crippen molar-refractivity contribution in [3.8, 4) is 5.69 Å². The van der Waals surface area contributed by atoms with E-state index in [4.69, 9.17) is 5.11 Å². The maximum absolute atomic E-state index is 13.1. The van der Waals surface area contributed by atoms with Crippen LogP contribution in [0.3, 0.4) is 0 Å². The molecule has 0 atom stereocenters. The van der Waals surface area contributed by atoms with Gasteiger partial charge in [0.05, 0.1) is 23.5 Å². The molecule has 2 rings (SSSR count). The van der Waals surface area contributed by atoms with Gasteiger partial charge in [-0.25, -0.2) is 9.07 Å². The summed E-state index contributed by atoms with van der Waals surface area (Å²) in [6.45, 7) is 1.67. The molecule has 0 radical (unpaired) electrons. The molecule has 0 saturated carbocycles. The van der Waals surface area contributed by atoms with Crippen molar-refractivity contribution in [1.29, 1.82) is 0 Å². The number of hydrogen-bond donors (Lipinski definition) is 1. The number of aliphatic carboxylic acids is 1. The van der Waals surface area contributed by atoms with Crippen LogP contribution in [0.4, 0.5) is 4.39 Å². The number of halogens is 1. The van der Waals surface area contributed by atoms with Crippen LogP contribution in [0.1, 0.15) is 11.4 Å². The third kappa shape index (κ3) is 2.30. The van der Waals surface area contributed by atoms with E-state index < -0.39 is 11.8 Å². The van der Waals surface area contributed by atoms with Gasteiger partial charge in [-0.1, -0.05) is 11.3 Å². The van der Waals surface area contributed by atoms with Gasteiger partial charge in [-0.05, 0) is 25.1 Å². The van der Waals surface area contributed by atoms with Crippen molar-refractivity contribution in [2.45, 2.75) is 13.3 Å². The number of carboxylic acids is 1. The van der Waals surface area contributed by atoms with Gasteiger partial charge in [0.1, 0.15) is 5.82 Å². The molecular formula is C11H10FN3O2. The van der Waals surface area contributed by atoms with Gasteiger partial charge in [0.25, 0.3) is 0 Å². The number of benzene rings is 1. The molecule has 1 heterocycles. The average Bonchev–Trinajstić information content (AvgIpc) is 2.60. The molecule has 2 aromatic rings. The van der Waals surface area contributed by atoms with Crippen molar-refractivity contribution >= 4 is 5.97 Å². The monoisotopic (exact) mass is 235 g/mol. The van der Waals surface area contributed by atoms with Crippen LogP contribution in [0.15, 0.2) is 24.3 Å². The van der Waals surface area contributed by atoms with Crippen molar-refractivity contribution in [2.24, 2.45) is 0 Å². The third-order valence-corrected chi connectivity index (χ3v) is 2.33. The summed E-state index contributed by atoms with van der Waals surface area (Å²) in [6.07, 6.45) is -0.199. The van der Waals surface area contributed by atoms with Crippen LogP contribution in [0.5, 0.6) is 0 Å². The van der Waals surface area contributed by atoms with Crippen molar-refractivity contribution in [3.63, 3.8) is 0 Å². The molecule has 1 N–H and O–H groups in total. The number of aromatic nitrogens is 3. The number of carbonyl (C=O) groups is 1. The highest BCUT2D eigenvalue weighted by Crippen LogP contribution is 2.14. The Morgan fingerprint density at radius 3 is 2.94 bits per heavy atom. The van der Waals surface area contributed by atoms with Crippen LogP contribution in [0, 0.1) is 12.7 Å². The topological polar surface area (TPSA) is 68.0 Å². The van der Waals surface area contributed by atoms with Crippen molar-refractivity contribution in [3.05, 3.63) is 41.5 Å². The molecule has 0 aliphatic heterocycles. The largest absolute Gasteiger partial charge is 0.481 e. The molecule has 0 spiro atoms. The summed E-state index contributed by atoms with van der Waals surface area (Å²) in [5.74, 6) is -1.38. The highest BCUT2D eigenvalue weighted by Gasteiger charge is 2.14. The van der Waals surface area contributed by atoms with Crippen LogP contribution >= 0.6 is 0 Å². The van der Waals surface area contributed by atoms with Gasteiger partial charge >= 0.3 is 5.97 Å². The summed E-state index contributed by atoms with van der Waals surface area (Å²) >= 11 is 0. The van der Waals surface area contributed by atoms with Gasteiger partial charge in [0.15, 0.2) is 0 Å². The van der Waals surface area contributed by atoms with Crippen LogP contribution in [-0.2, 0) is 11.2 Å². The lowest BCUT2D eigenvalue weighted by molar-refractivity contribution is -0.136. The first-order valence-electron chi connectivity index (χ1n) is 4.97. The van der Waals surface area contributed by atoms with Gasteiger partial charge in [0.2, 0.25) is 0 Å². The molecule has 0 saturated heterocycles. The quantitative estimate of drug-likeness (QED) is 0.871. The molecular weight excluding hydrogens is 225 g/mol. The minimum absolute atomic E-state index is 0.199. The molecule has 5 nitrogen and oxygen atoms in total. The smallest absolute Gasteiger partial charge is 0.309 e. The Kier molecular flexibility index (Phi) is 2.86. The normalized spacial score (nSPS) is 10.5. The van der Waals surface area contributed by atoms with E-state index in [0.29, 0.717) is 17.1 Å². The first-order chi connectivity index (χ1) is 8.08. The van der Waals surface area contributed by atoms with Crippen LogP contribution in [0.25, 0.3) is 5.69 Å². The minimum Gasteiger partial charge on any atom is -0.481 e. The molecule has 0 amide bonds. The number of rotatable bonds is 3. The Bertz CT molecular complexity index is 566. The fraction of sp³-hybridized carbons (Fsp3) is 0.182. The predicted molar refractivity (Wildman–Crippen MR) is 57.4 cm³/mol. The first kappa shape index (κ1) is 11.3. The zero-order valence-electron chi connectivity index (χ0n) is 9.09. The van der Waals surface area contributed by atoms with E-state index in [2.05, 4.69) is 10.3 Å². The summed E-state index contributed by atoms with van der Waals surface area (Å²) in [5.41, 5.74) is 1.43. The zero-order chi connectivity index (χ0) is 12.4. The van der Waals surface area contributed by atoms with E-state index >= 15 is 0 Å². The van der Waals surface area contributed by atoms with E-state index in [9.17, 15) is 9.18 Å². The molecule has 0 fully saturated rings. The van der Waals surface area contributed by atoms with Crippen LogP contribution in [0.2, 0.25) is 0 Å². The summed E-state index contributed by atoms with van der Waals surface area (Å²) in [7, 11) is 0. The Balaban J connectivity index is 2.48. The van der Waals surface area contributed by atoms with Crippen molar-refractivity contribution in [2.75, 3.05) is 0 Å². The fourth-order valence-electron chi connectivity index (χ4n) is 1.54. The second kappa shape index (κ2) is 4.32. The third-order valence-electron chi connectivity index (χ3n) is 2.33. The van der Waals surface area contributed by atoms with Gasteiger partial charge < -0.3 is 5.11 Å². The van der Waals surface area contributed by atoms with Gasteiger partial charge in [0, 0.05) is 0 Å². The van der Waals surface area contributed by atoms with E-state index in [-0.39, 0.29) is 6.42 Å². The van der Waals surface area contributed by atoms with Gasteiger partial charge in [-0.2, -0.15) is 0 Å². The number of carboxylic acid groups (broad SMARTS) is 1. The fourth-order valence-corrected chi connectivity index (χ4v) is 1.54. The SMILES string of the molecule is Cc1nnn(-c2cccc(F)c2)c1CC(=O)O. The van der Waals surface area contributed by atoms with E-state index in [0.717, 1.165) is 0 Å². The molecule has 1 aromatic heterocycles. The number of aryl methyl sites for hydroxylation is 1. The Morgan fingerprint density at radius 2 is 2.29 bits per heavy atom. The number of nitrogens with zero attached hydrogens (tertiary/aromatic N) is 3. The maximum Gasteiger partial charge on any atom is 0.309 e. The molecule has 0 aliphatic carbocycles. The first-order valence-corrected chi connectivity index (χ1v) is 4.97. The summed E-state index contributed by atoms with van der Waals surface area (Å²) in [5, 5.41) is 16.4. The number of hydrogen-bond acceptors (Lipinski definition) is 3. The second-order valence-electron chi connectivity index (χ2n) is 3.58. The standard InChI is InChI=1S/C11H10FN3O2/c1-7-10(6-11(16)17)15(14-13-7)9-4-2-3-8(12)5-9/h2-5H,6H2,1H3,(H,16,17). The minimum atomic E-state index is -0.979. The highest BCUT2D eigenvalue weighted by atomic mass is 19.1. The maximum atomic E-state index is 13.1. The van der Waals surface area contributed by atoms with Gasteiger partial charge in [-0.15, -0.1) is 5.10 Å². The zero-order valence-corrected chi connectivity index (χ0v) is 9.09. The molecule has 6 heteroatoms. The molecule has 0 aliphatic rings. The predicted octanol–water partition coefficient (Wildman–Crippen LogP) is 1.34. The Hall–Kier alpha value is -2.24. The highest BCUT2D eigenvalue weighted by molar-refractivity contribution is 5.70. The molecule has 1 aromatic carbocycles. The summed E-state index contributed by atoms with van der Waals surface area (Å²) in [4.78, 5) is 10.7. The Morgan fingerprint density at radius 1 is 1.53 bits per heavy atom. The summed E-state index contributed by atoms with van der Waals surface area (Å²) in [6, 6.07) is 5.76. The average molecular weight is 235 g/mol. The lowest BCUT2D eigenvalue weighted by Gasteiger charge is -2.04. The van der Waals surface area contributed by atoms with Gasteiger partial charge in [-0.3, -0.25) is 4.79 Å². The second-order valence-corrected chi connectivity index (χ2v) is 3.58. The Labute approximate surface area is 96.5 Å². The molecule has 17 heavy (non-hydrogen) atoms. The van der Waals surface area contributed by atoms with Crippen LogP contribution < -0.4 is 0 Å². The molecule has 0 bridgehead atoms. The van der Waals surface area contributed by atoms with E-state index in [1.54, 1.807) is 13.0 Å². The van der Waals surface area contributed by atoms with Crippen LogP contribution in [-0.4, -0.2) is 26.1 Å². The van der Waals surface area contributed by atoms with Crippen molar-refractivity contribution < 1.29 is 14.3 Å².